The van der Waals surface area contributed by atoms with Gasteiger partial charge in [-0.1, -0.05) is 19.9 Å². The molecular formula is C21H29N3O4. The molecule has 7 nitrogen and oxygen atoms in total. The molecule has 4 amide bonds. The Bertz CT molecular complexity index is 799. The molecule has 2 fully saturated rings. The summed E-state index contributed by atoms with van der Waals surface area (Å²) < 4.78 is 5.27. The van der Waals surface area contributed by atoms with Crippen LogP contribution in [0.25, 0.3) is 0 Å². The van der Waals surface area contributed by atoms with Crippen LogP contribution in [0.1, 0.15) is 38.3 Å². The fourth-order valence-electron chi connectivity index (χ4n) is 4.33. The summed E-state index contributed by atoms with van der Waals surface area (Å²) in [5.74, 6) is 0.960. The number of likely N-dealkylation sites (tertiary alicyclic amines) is 1. The number of benzene rings is 1. The van der Waals surface area contributed by atoms with Gasteiger partial charge in [0, 0.05) is 13.1 Å². The average molecular weight is 387 g/mol. The summed E-state index contributed by atoms with van der Waals surface area (Å²) in [5, 5.41) is 2.76. The minimum atomic E-state index is -1.20. The second-order valence-corrected chi connectivity index (χ2v) is 8.38. The molecule has 0 spiro atoms. The third-order valence-corrected chi connectivity index (χ3v) is 5.76. The van der Waals surface area contributed by atoms with E-state index >= 15 is 0 Å². The molecule has 2 aliphatic rings. The van der Waals surface area contributed by atoms with Crippen molar-refractivity contribution in [3.63, 3.8) is 0 Å². The number of amides is 4. The lowest BCUT2D eigenvalue weighted by Crippen LogP contribution is -2.48. The van der Waals surface area contributed by atoms with Crippen molar-refractivity contribution in [2.45, 2.75) is 39.7 Å². The number of imide groups is 1. The van der Waals surface area contributed by atoms with Crippen molar-refractivity contribution in [1.29, 1.82) is 0 Å². The number of aryl methyl sites for hydroxylation is 1. The van der Waals surface area contributed by atoms with E-state index in [1.54, 1.807) is 31.1 Å². The number of carbonyl (C=O) groups is 3. The minimum Gasteiger partial charge on any atom is -0.496 e. The summed E-state index contributed by atoms with van der Waals surface area (Å²) in [6.45, 7) is 8.90. The normalized spacial score (nSPS) is 27.8. The summed E-state index contributed by atoms with van der Waals surface area (Å²) >= 11 is 0. The highest BCUT2D eigenvalue weighted by atomic mass is 16.5. The van der Waals surface area contributed by atoms with Crippen LogP contribution < -0.4 is 10.1 Å². The first-order valence-corrected chi connectivity index (χ1v) is 9.72. The van der Waals surface area contributed by atoms with Gasteiger partial charge in [0.05, 0.1) is 7.11 Å². The van der Waals surface area contributed by atoms with Crippen LogP contribution in [-0.2, 0) is 15.1 Å². The molecule has 28 heavy (non-hydrogen) atoms. The molecule has 0 aliphatic carbocycles. The Labute approximate surface area is 166 Å². The molecule has 0 radical (unpaired) electrons. The van der Waals surface area contributed by atoms with Crippen molar-refractivity contribution in [1.82, 2.24) is 15.1 Å². The fraction of sp³-hybridized carbons (Fsp3) is 0.571. The molecule has 1 aromatic rings. The Hall–Kier alpha value is -2.57. The Morgan fingerprint density at radius 3 is 2.46 bits per heavy atom. The second kappa shape index (κ2) is 7.45. The van der Waals surface area contributed by atoms with Gasteiger partial charge in [-0.2, -0.15) is 0 Å². The minimum absolute atomic E-state index is 0.183. The predicted molar refractivity (Wildman–Crippen MR) is 105 cm³/mol. The lowest BCUT2D eigenvalue weighted by molar-refractivity contribution is -0.140. The molecule has 3 atom stereocenters. The van der Waals surface area contributed by atoms with E-state index in [0.717, 1.165) is 16.9 Å². The monoisotopic (exact) mass is 387 g/mol. The molecule has 0 saturated carbocycles. The molecule has 0 aromatic heterocycles. The summed E-state index contributed by atoms with van der Waals surface area (Å²) in [4.78, 5) is 41.2. The van der Waals surface area contributed by atoms with Gasteiger partial charge in [-0.15, -0.1) is 0 Å². The van der Waals surface area contributed by atoms with E-state index in [1.807, 2.05) is 13.0 Å². The molecule has 1 aromatic carbocycles. The zero-order valence-electron chi connectivity index (χ0n) is 17.2. The maximum Gasteiger partial charge on any atom is 0.325 e. The van der Waals surface area contributed by atoms with Gasteiger partial charge >= 0.3 is 6.03 Å². The zero-order valence-corrected chi connectivity index (χ0v) is 17.2. The van der Waals surface area contributed by atoms with Crippen molar-refractivity contribution >= 4 is 17.8 Å². The van der Waals surface area contributed by atoms with E-state index in [4.69, 9.17) is 4.74 Å². The molecule has 2 aliphatic heterocycles. The topological polar surface area (TPSA) is 79.0 Å². The van der Waals surface area contributed by atoms with Crippen LogP contribution in [0.2, 0.25) is 0 Å². The van der Waals surface area contributed by atoms with Gasteiger partial charge in [-0.05, 0) is 55.4 Å². The van der Waals surface area contributed by atoms with Crippen molar-refractivity contribution in [2.75, 3.05) is 26.7 Å². The van der Waals surface area contributed by atoms with Crippen molar-refractivity contribution in [3.05, 3.63) is 29.3 Å². The van der Waals surface area contributed by atoms with Crippen LogP contribution in [0.5, 0.6) is 5.75 Å². The number of methoxy groups -OCH3 is 1. The summed E-state index contributed by atoms with van der Waals surface area (Å²) in [6, 6.07) is 4.84. The molecule has 1 N–H and O–H groups in total. The Morgan fingerprint density at radius 2 is 1.89 bits per heavy atom. The Morgan fingerprint density at radius 1 is 1.25 bits per heavy atom. The number of nitrogens with one attached hydrogen (secondary N) is 1. The molecule has 7 heteroatoms. The number of carbonyl (C=O) groups excluding carboxylic acids is 3. The van der Waals surface area contributed by atoms with Crippen molar-refractivity contribution in [2.24, 2.45) is 11.8 Å². The van der Waals surface area contributed by atoms with Crippen molar-refractivity contribution < 1.29 is 19.1 Å². The number of hydrogen-bond acceptors (Lipinski definition) is 4. The van der Waals surface area contributed by atoms with Crippen LogP contribution in [-0.4, -0.2) is 54.4 Å². The number of piperidine rings is 1. The van der Waals surface area contributed by atoms with Crippen molar-refractivity contribution in [3.8, 4) is 5.75 Å². The highest BCUT2D eigenvalue weighted by molar-refractivity contribution is 6.09. The van der Waals surface area contributed by atoms with Crippen LogP contribution >= 0.6 is 0 Å². The fourth-order valence-corrected chi connectivity index (χ4v) is 4.33. The number of rotatable bonds is 4. The lowest BCUT2D eigenvalue weighted by Gasteiger charge is -2.35. The van der Waals surface area contributed by atoms with E-state index in [2.05, 4.69) is 19.2 Å². The van der Waals surface area contributed by atoms with Crippen LogP contribution in [0.4, 0.5) is 4.79 Å². The summed E-state index contributed by atoms with van der Waals surface area (Å²) in [7, 11) is 1.59. The lowest BCUT2D eigenvalue weighted by atomic mass is 9.90. The second-order valence-electron chi connectivity index (χ2n) is 8.38. The van der Waals surface area contributed by atoms with E-state index in [1.165, 1.54) is 0 Å². The molecule has 3 rings (SSSR count). The van der Waals surface area contributed by atoms with Gasteiger partial charge in [0.1, 0.15) is 17.8 Å². The number of hydrogen-bond donors (Lipinski definition) is 1. The zero-order chi connectivity index (χ0) is 20.6. The van der Waals surface area contributed by atoms with Gasteiger partial charge in [0.2, 0.25) is 5.91 Å². The first-order chi connectivity index (χ1) is 13.2. The largest absolute Gasteiger partial charge is 0.496 e. The SMILES string of the molecule is COc1ccc(C2(C)NC(=O)N(CC(=O)N3CC(C)CC(C)C3)C2=O)cc1C. The number of ether oxygens (including phenoxy) is 1. The predicted octanol–water partition coefficient (Wildman–Crippen LogP) is 2.28. The molecular weight excluding hydrogens is 358 g/mol. The standard InChI is InChI=1S/C21H29N3O4/c1-13-8-14(2)11-23(10-13)18(25)12-24-19(26)21(4,22-20(24)27)16-6-7-17(28-5)15(3)9-16/h6-7,9,13-14H,8,10-12H2,1-5H3,(H,22,27). The van der Waals surface area contributed by atoms with E-state index in [9.17, 15) is 14.4 Å². The summed E-state index contributed by atoms with van der Waals surface area (Å²) in [6.07, 6.45) is 1.09. The maximum absolute atomic E-state index is 13.1. The molecule has 3 unspecified atom stereocenters. The Kier molecular flexibility index (Phi) is 5.37. The van der Waals surface area contributed by atoms with Crippen LogP contribution in [0.3, 0.4) is 0 Å². The number of urea groups is 1. The average Bonchev–Trinajstić information content (AvgIpc) is 2.85. The molecule has 2 saturated heterocycles. The van der Waals surface area contributed by atoms with Gasteiger partial charge in [-0.25, -0.2) is 4.79 Å². The molecule has 0 bridgehead atoms. The highest BCUT2D eigenvalue weighted by Crippen LogP contribution is 2.32. The number of nitrogens with zero attached hydrogens (tertiary/aromatic N) is 2. The van der Waals surface area contributed by atoms with E-state index in [-0.39, 0.29) is 12.5 Å². The molecule has 152 valence electrons. The van der Waals surface area contributed by atoms with Gasteiger partial charge < -0.3 is 15.0 Å². The first-order valence-electron chi connectivity index (χ1n) is 9.72. The van der Waals surface area contributed by atoms with Gasteiger partial charge in [0.25, 0.3) is 5.91 Å². The van der Waals surface area contributed by atoms with E-state index in [0.29, 0.717) is 36.2 Å². The quantitative estimate of drug-likeness (QED) is 0.804. The Balaban J connectivity index is 1.77. The van der Waals surface area contributed by atoms with E-state index < -0.39 is 17.5 Å². The van der Waals surface area contributed by atoms with Crippen LogP contribution in [0.15, 0.2) is 18.2 Å². The third kappa shape index (κ3) is 3.57. The smallest absolute Gasteiger partial charge is 0.325 e. The maximum atomic E-state index is 13.1. The van der Waals surface area contributed by atoms with Gasteiger partial charge in [-0.3, -0.25) is 14.5 Å². The van der Waals surface area contributed by atoms with Crippen LogP contribution in [0, 0.1) is 18.8 Å². The first kappa shape index (κ1) is 20.2. The highest BCUT2D eigenvalue weighted by Gasteiger charge is 2.50. The third-order valence-electron chi connectivity index (χ3n) is 5.76. The molecule has 2 heterocycles. The van der Waals surface area contributed by atoms with Gasteiger partial charge in [0.15, 0.2) is 0 Å². The summed E-state index contributed by atoms with van der Waals surface area (Å²) in [5.41, 5.74) is 0.338.